The summed E-state index contributed by atoms with van der Waals surface area (Å²) in [5.41, 5.74) is 2.70. The zero-order valence-electron chi connectivity index (χ0n) is 28.1. The van der Waals surface area contributed by atoms with E-state index in [0.717, 1.165) is 50.9 Å². The summed E-state index contributed by atoms with van der Waals surface area (Å²) in [6.07, 6.45) is 4.16. The molecule has 0 bridgehead atoms. The van der Waals surface area contributed by atoms with Gasteiger partial charge >= 0.3 is 6.03 Å². The van der Waals surface area contributed by atoms with Crippen LogP contribution in [-0.2, 0) is 4.74 Å². The van der Waals surface area contributed by atoms with Gasteiger partial charge in [0.15, 0.2) is 5.82 Å². The molecule has 250 valence electrons. The lowest BCUT2D eigenvalue weighted by atomic mass is 10.0. The normalized spacial score (nSPS) is 22.1. The summed E-state index contributed by atoms with van der Waals surface area (Å²) in [5.74, 6) is 1.99. The molecule has 2 aromatic carbocycles. The quantitative estimate of drug-likeness (QED) is 0.369. The first-order valence-electron chi connectivity index (χ1n) is 16.8. The van der Waals surface area contributed by atoms with Crippen LogP contribution in [-0.4, -0.2) is 108 Å². The number of carbonyl (C=O) groups is 2. The maximum absolute atomic E-state index is 13.0. The molecule has 0 aliphatic carbocycles. The first-order valence-corrected chi connectivity index (χ1v) is 16.8. The summed E-state index contributed by atoms with van der Waals surface area (Å²) >= 11 is 0. The van der Waals surface area contributed by atoms with Crippen LogP contribution in [0.4, 0.5) is 28.1 Å². The van der Waals surface area contributed by atoms with E-state index in [-0.39, 0.29) is 18.0 Å². The Morgan fingerprint density at radius 2 is 1.36 bits per heavy atom. The van der Waals surface area contributed by atoms with Crippen LogP contribution < -0.4 is 20.4 Å². The van der Waals surface area contributed by atoms with E-state index in [1.807, 2.05) is 29.2 Å². The number of carbonyl (C=O) groups excluding carboxylic acids is 2. The van der Waals surface area contributed by atoms with Gasteiger partial charge in [-0.25, -0.2) is 4.79 Å². The molecule has 0 spiro atoms. The molecule has 1 aromatic heterocycles. The lowest BCUT2D eigenvalue weighted by Crippen LogP contribution is -2.45. The average Bonchev–Trinajstić information content (AvgIpc) is 3.42. The third kappa shape index (κ3) is 7.49. The second kappa shape index (κ2) is 14.2. The molecule has 12 heteroatoms. The van der Waals surface area contributed by atoms with E-state index in [2.05, 4.69) is 60.2 Å². The number of rotatable bonds is 7. The number of urea groups is 1. The summed E-state index contributed by atoms with van der Waals surface area (Å²) < 4.78 is 5.66. The second-order valence-corrected chi connectivity index (χ2v) is 13.3. The number of benzene rings is 2. The van der Waals surface area contributed by atoms with Gasteiger partial charge in [-0.2, -0.15) is 15.0 Å². The van der Waals surface area contributed by atoms with Gasteiger partial charge in [0.1, 0.15) is 0 Å². The number of nitrogens with zero attached hydrogens (tertiary/aromatic N) is 7. The number of hydrogen-bond acceptors (Lipinski definition) is 9. The van der Waals surface area contributed by atoms with Gasteiger partial charge in [0.2, 0.25) is 11.9 Å². The zero-order chi connectivity index (χ0) is 33.1. The highest BCUT2D eigenvalue weighted by atomic mass is 16.5. The number of ether oxygens (including phenoxy) is 1. The third-order valence-corrected chi connectivity index (χ3v) is 9.69. The van der Waals surface area contributed by atoms with Crippen molar-refractivity contribution in [3.8, 4) is 11.4 Å². The minimum atomic E-state index is -0.370. The fourth-order valence-electron chi connectivity index (χ4n) is 6.80. The van der Waals surface area contributed by atoms with Gasteiger partial charge in [-0.15, -0.1) is 0 Å². The lowest BCUT2D eigenvalue weighted by molar-refractivity contribution is 0.0663. The minimum Gasteiger partial charge on any atom is -0.377 e. The van der Waals surface area contributed by atoms with E-state index in [0.29, 0.717) is 66.0 Å². The smallest absolute Gasteiger partial charge is 0.323 e. The molecule has 6 rings (SSSR count). The van der Waals surface area contributed by atoms with Crippen LogP contribution in [0.2, 0.25) is 0 Å². The largest absolute Gasteiger partial charge is 0.377 e. The maximum Gasteiger partial charge on any atom is 0.323 e. The molecule has 12 nitrogen and oxygen atoms in total. The van der Waals surface area contributed by atoms with Gasteiger partial charge in [0.05, 0.1) is 19.3 Å². The van der Waals surface area contributed by atoms with Crippen LogP contribution in [0.15, 0.2) is 48.5 Å². The van der Waals surface area contributed by atoms with Gasteiger partial charge in [-0.3, -0.25) is 4.79 Å². The summed E-state index contributed by atoms with van der Waals surface area (Å²) in [7, 11) is 4.17. The topological polar surface area (TPSA) is 119 Å². The van der Waals surface area contributed by atoms with Crippen molar-refractivity contribution in [2.24, 2.45) is 0 Å². The Hall–Kier alpha value is -4.29. The van der Waals surface area contributed by atoms with Crippen LogP contribution in [0.1, 0.15) is 56.8 Å². The number of nitrogens with one attached hydrogen (secondary N) is 2. The Labute approximate surface area is 277 Å². The summed E-state index contributed by atoms with van der Waals surface area (Å²) in [4.78, 5) is 49.2. The molecule has 3 saturated heterocycles. The highest BCUT2D eigenvalue weighted by Gasteiger charge is 2.32. The Morgan fingerprint density at radius 1 is 0.766 bits per heavy atom. The lowest BCUT2D eigenvalue weighted by Gasteiger charge is -2.35. The highest BCUT2D eigenvalue weighted by Crippen LogP contribution is 2.31. The van der Waals surface area contributed by atoms with E-state index in [4.69, 9.17) is 19.7 Å². The third-order valence-electron chi connectivity index (χ3n) is 9.69. The highest BCUT2D eigenvalue weighted by molar-refractivity contribution is 6.00. The van der Waals surface area contributed by atoms with Gasteiger partial charge in [-0.05, 0) is 109 Å². The summed E-state index contributed by atoms with van der Waals surface area (Å²) in [6.45, 7) is 10.1. The van der Waals surface area contributed by atoms with Crippen molar-refractivity contribution in [2.45, 2.75) is 70.6 Å². The van der Waals surface area contributed by atoms with E-state index < -0.39 is 0 Å². The van der Waals surface area contributed by atoms with Crippen LogP contribution >= 0.6 is 0 Å². The van der Waals surface area contributed by atoms with Gasteiger partial charge in [0.25, 0.3) is 5.91 Å². The molecule has 3 aliphatic rings. The number of piperidine rings is 1. The molecule has 0 saturated carbocycles. The van der Waals surface area contributed by atoms with Crippen LogP contribution in [0.25, 0.3) is 11.4 Å². The first kappa shape index (κ1) is 32.6. The number of likely N-dealkylation sites (tertiary alicyclic amines) is 1. The molecule has 3 aliphatic heterocycles. The van der Waals surface area contributed by atoms with Crippen molar-refractivity contribution in [1.82, 2.24) is 24.8 Å². The molecular formula is C35H47N9O3. The predicted molar refractivity (Wildman–Crippen MR) is 185 cm³/mol. The molecule has 3 atom stereocenters. The van der Waals surface area contributed by atoms with Crippen molar-refractivity contribution in [2.75, 3.05) is 67.4 Å². The van der Waals surface area contributed by atoms with Gasteiger partial charge < -0.3 is 35.0 Å². The van der Waals surface area contributed by atoms with Gasteiger partial charge in [-0.1, -0.05) is 0 Å². The molecule has 2 N–H and O–H groups in total. The van der Waals surface area contributed by atoms with Gasteiger partial charge in [0, 0.05) is 60.3 Å². The fraction of sp³-hybridized carbons (Fsp3) is 0.514. The average molecular weight is 642 g/mol. The number of anilines is 4. The molecular weight excluding hydrogens is 594 g/mol. The van der Waals surface area contributed by atoms with E-state index in [9.17, 15) is 9.59 Å². The number of aromatic nitrogens is 3. The van der Waals surface area contributed by atoms with Crippen molar-refractivity contribution < 1.29 is 14.3 Å². The Morgan fingerprint density at radius 3 is 1.96 bits per heavy atom. The molecule has 3 aromatic rings. The number of morpholine rings is 1. The van der Waals surface area contributed by atoms with Crippen molar-refractivity contribution in [3.05, 3.63) is 54.1 Å². The standard InChI is InChI=1S/C35H47N9O3/c1-23-6-7-24(2)44(23)34-39-31(38-33(40-34)43-20-21-47-22-25(43)3)26-8-12-28(13-9-26)36-35(46)37-29-14-10-27(11-15-29)32(45)42-18-16-30(17-19-42)41(4)5/h8-15,23-25,30H,6-7,16-22H2,1-5H3,(H2,36,37,46). The molecule has 47 heavy (non-hydrogen) atoms. The Kier molecular flexibility index (Phi) is 9.88. The number of hydrogen-bond donors (Lipinski definition) is 2. The van der Waals surface area contributed by atoms with Crippen LogP contribution in [0.3, 0.4) is 0 Å². The molecule has 3 unspecified atom stereocenters. The summed E-state index contributed by atoms with van der Waals surface area (Å²) in [6, 6.07) is 15.6. The monoisotopic (exact) mass is 641 g/mol. The summed E-state index contributed by atoms with van der Waals surface area (Å²) in [5, 5.41) is 5.76. The van der Waals surface area contributed by atoms with Crippen molar-refractivity contribution in [1.29, 1.82) is 0 Å². The second-order valence-electron chi connectivity index (χ2n) is 13.3. The van der Waals surface area contributed by atoms with E-state index in [1.165, 1.54) is 0 Å². The van der Waals surface area contributed by atoms with Crippen molar-refractivity contribution >= 4 is 35.2 Å². The van der Waals surface area contributed by atoms with E-state index in [1.54, 1.807) is 24.3 Å². The molecule has 4 heterocycles. The zero-order valence-corrected chi connectivity index (χ0v) is 28.1. The Bertz CT molecular complexity index is 1530. The first-order chi connectivity index (χ1) is 22.7. The van der Waals surface area contributed by atoms with E-state index >= 15 is 0 Å². The fourth-order valence-corrected chi connectivity index (χ4v) is 6.80. The molecule has 0 radical (unpaired) electrons. The van der Waals surface area contributed by atoms with Crippen molar-refractivity contribution in [3.63, 3.8) is 0 Å². The Balaban J connectivity index is 1.11. The maximum atomic E-state index is 13.0. The minimum absolute atomic E-state index is 0.0274. The number of amides is 3. The SMILES string of the molecule is CC1COCCN1c1nc(-c2ccc(NC(=O)Nc3ccc(C(=O)N4CCC(N(C)C)CC4)cc3)cc2)nc(N2C(C)CCC2C)n1. The predicted octanol–water partition coefficient (Wildman–Crippen LogP) is 4.95. The molecule has 3 amide bonds. The van der Waals surface area contributed by atoms with Crippen LogP contribution in [0, 0.1) is 0 Å². The molecule has 3 fully saturated rings. The van der Waals surface area contributed by atoms with Crippen LogP contribution in [0.5, 0.6) is 0 Å².